The second-order valence-corrected chi connectivity index (χ2v) is 11.8. The normalized spacial score (nSPS) is 11.6. The maximum absolute atomic E-state index is 13.5. The maximum Gasteiger partial charge on any atom is 0.255 e. The predicted octanol–water partition coefficient (Wildman–Crippen LogP) is 7.98. The standard InChI is InChI=1S/C40H32N6O3/c41-28-4-8-30(9-5-28)43-32-12-16-34(17-13-32)45-39(48)25-3-20-36-27(22-25)21-24-1-2-26(23-37(24)38(36)47)40(49)46-35-18-14-33(15-19-35)44-31-10-6-29(42)7-11-31/h1-20,22-23,43-44H,21,41-42H2,(H,45,48)(H,46,49). The number of anilines is 8. The van der Waals surface area contributed by atoms with Crippen LogP contribution in [0.2, 0.25) is 0 Å². The fraction of sp³-hybridized carbons (Fsp3) is 0.0250. The lowest BCUT2D eigenvalue weighted by Crippen LogP contribution is -2.19. The van der Waals surface area contributed by atoms with E-state index in [0.29, 0.717) is 51.4 Å². The molecule has 7 rings (SSSR count). The van der Waals surface area contributed by atoms with Crippen molar-refractivity contribution in [3.8, 4) is 0 Å². The highest BCUT2D eigenvalue weighted by Crippen LogP contribution is 2.30. The Balaban J connectivity index is 0.985. The van der Waals surface area contributed by atoms with Crippen LogP contribution in [-0.2, 0) is 6.42 Å². The summed E-state index contributed by atoms with van der Waals surface area (Å²) in [6, 6.07) is 39.8. The average molecular weight is 645 g/mol. The monoisotopic (exact) mass is 644 g/mol. The Bertz CT molecular complexity index is 2200. The van der Waals surface area contributed by atoms with Crippen LogP contribution in [0.5, 0.6) is 0 Å². The van der Waals surface area contributed by atoms with Gasteiger partial charge in [0.05, 0.1) is 0 Å². The van der Waals surface area contributed by atoms with Crippen LogP contribution in [0.3, 0.4) is 0 Å². The molecule has 0 fully saturated rings. The summed E-state index contributed by atoms with van der Waals surface area (Å²) in [7, 11) is 0. The highest BCUT2D eigenvalue weighted by Gasteiger charge is 2.25. The molecule has 8 N–H and O–H groups in total. The van der Waals surface area contributed by atoms with Gasteiger partial charge in [0.2, 0.25) is 0 Å². The molecule has 0 aromatic heterocycles. The van der Waals surface area contributed by atoms with Crippen LogP contribution >= 0.6 is 0 Å². The molecule has 0 saturated carbocycles. The lowest BCUT2D eigenvalue weighted by Gasteiger charge is -2.20. The molecule has 0 spiro atoms. The van der Waals surface area contributed by atoms with Crippen molar-refractivity contribution in [3.63, 3.8) is 0 Å². The summed E-state index contributed by atoms with van der Waals surface area (Å²) in [6.07, 6.45) is 0.466. The Kier molecular flexibility index (Phi) is 8.22. The third-order valence-corrected chi connectivity index (χ3v) is 8.29. The second-order valence-electron chi connectivity index (χ2n) is 11.8. The predicted molar refractivity (Wildman–Crippen MR) is 196 cm³/mol. The van der Waals surface area contributed by atoms with Gasteiger partial charge in [-0.1, -0.05) is 6.07 Å². The molecular weight excluding hydrogens is 612 g/mol. The van der Waals surface area contributed by atoms with Gasteiger partial charge in [0.25, 0.3) is 11.8 Å². The van der Waals surface area contributed by atoms with E-state index in [2.05, 4.69) is 21.3 Å². The van der Waals surface area contributed by atoms with Crippen molar-refractivity contribution in [2.75, 3.05) is 32.7 Å². The Morgan fingerprint density at radius 2 is 0.857 bits per heavy atom. The molecule has 0 aliphatic heterocycles. The lowest BCUT2D eigenvalue weighted by atomic mass is 9.83. The number of rotatable bonds is 8. The minimum atomic E-state index is -0.318. The van der Waals surface area contributed by atoms with Gasteiger partial charge in [0.1, 0.15) is 0 Å². The number of benzene rings is 6. The molecule has 6 aromatic carbocycles. The molecule has 2 amide bonds. The first-order chi connectivity index (χ1) is 23.8. The molecule has 0 unspecified atom stereocenters. The number of nitrogens with two attached hydrogens (primary N) is 2. The van der Waals surface area contributed by atoms with E-state index in [9.17, 15) is 14.4 Å². The molecule has 0 radical (unpaired) electrons. The molecule has 6 aromatic rings. The van der Waals surface area contributed by atoms with Gasteiger partial charge in [-0.05, 0) is 145 Å². The summed E-state index contributed by atoms with van der Waals surface area (Å²) in [5.74, 6) is -0.775. The van der Waals surface area contributed by atoms with Gasteiger partial charge in [-0.3, -0.25) is 14.4 Å². The van der Waals surface area contributed by atoms with Crippen LogP contribution in [0.25, 0.3) is 0 Å². The smallest absolute Gasteiger partial charge is 0.255 e. The summed E-state index contributed by atoms with van der Waals surface area (Å²) < 4.78 is 0. The van der Waals surface area contributed by atoms with Gasteiger partial charge >= 0.3 is 0 Å². The first-order valence-corrected chi connectivity index (χ1v) is 15.7. The fourth-order valence-electron chi connectivity index (χ4n) is 5.68. The quantitative estimate of drug-likeness (QED) is 0.0918. The van der Waals surface area contributed by atoms with Gasteiger partial charge in [-0.15, -0.1) is 0 Å². The van der Waals surface area contributed by atoms with Crippen molar-refractivity contribution < 1.29 is 14.4 Å². The van der Waals surface area contributed by atoms with E-state index in [1.807, 2.05) is 84.9 Å². The van der Waals surface area contributed by atoms with E-state index in [-0.39, 0.29) is 17.6 Å². The van der Waals surface area contributed by atoms with Crippen molar-refractivity contribution in [2.24, 2.45) is 0 Å². The van der Waals surface area contributed by atoms with Crippen molar-refractivity contribution >= 4 is 63.1 Å². The molecular formula is C40H32N6O3. The van der Waals surface area contributed by atoms with Gasteiger partial charge in [0.15, 0.2) is 5.78 Å². The van der Waals surface area contributed by atoms with Crippen molar-refractivity contribution in [1.82, 2.24) is 0 Å². The van der Waals surface area contributed by atoms with Crippen LogP contribution in [0.4, 0.5) is 45.5 Å². The van der Waals surface area contributed by atoms with Crippen LogP contribution in [0.1, 0.15) is 47.8 Å². The number of amides is 2. The molecule has 1 aliphatic carbocycles. The third kappa shape index (κ3) is 6.96. The largest absolute Gasteiger partial charge is 0.399 e. The van der Waals surface area contributed by atoms with Crippen LogP contribution in [-0.4, -0.2) is 17.6 Å². The molecule has 240 valence electrons. The molecule has 0 heterocycles. The number of hydrogen-bond acceptors (Lipinski definition) is 7. The molecule has 9 nitrogen and oxygen atoms in total. The van der Waals surface area contributed by atoms with Gasteiger partial charge < -0.3 is 32.7 Å². The first-order valence-electron chi connectivity index (χ1n) is 15.7. The SMILES string of the molecule is Nc1ccc(Nc2ccc(NC(=O)c3ccc4c(c3)Cc3ccc(C(=O)Nc5ccc(Nc6ccc(N)cc6)cc5)cc3C4=O)cc2)cc1. The maximum atomic E-state index is 13.5. The number of nitrogen functional groups attached to an aromatic ring is 2. The highest BCUT2D eigenvalue weighted by atomic mass is 16.2. The minimum absolute atomic E-state index is 0.180. The van der Waals surface area contributed by atoms with Gasteiger partial charge in [-0.2, -0.15) is 0 Å². The molecule has 1 aliphatic rings. The van der Waals surface area contributed by atoms with Crippen molar-refractivity contribution in [2.45, 2.75) is 6.42 Å². The molecule has 0 bridgehead atoms. The molecule has 9 heteroatoms. The second kappa shape index (κ2) is 13.1. The molecule has 0 atom stereocenters. The first kappa shape index (κ1) is 30.8. The van der Waals surface area contributed by atoms with E-state index < -0.39 is 0 Å². The third-order valence-electron chi connectivity index (χ3n) is 8.29. The average Bonchev–Trinajstić information content (AvgIpc) is 3.11. The van der Waals surface area contributed by atoms with E-state index in [4.69, 9.17) is 11.5 Å². The van der Waals surface area contributed by atoms with E-state index in [0.717, 1.165) is 33.9 Å². The summed E-state index contributed by atoms with van der Waals surface area (Å²) in [6.45, 7) is 0. The Morgan fingerprint density at radius 1 is 0.449 bits per heavy atom. The summed E-state index contributed by atoms with van der Waals surface area (Å²) in [5, 5.41) is 12.4. The lowest BCUT2D eigenvalue weighted by molar-refractivity contribution is 0.101. The van der Waals surface area contributed by atoms with Crippen LogP contribution in [0.15, 0.2) is 133 Å². The van der Waals surface area contributed by atoms with Crippen LogP contribution < -0.4 is 32.7 Å². The number of carbonyl (C=O) groups is 3. The topological polar surface area (TPSA) is 151 Å². The Labute approximate surface area is 283 Å². The Hall–Kier alpha value is -6.87. The number of ketones is 1. The van der Waals surface area contributed by atoms with E-state index in [1.54, 1.807) is 48.5 Å². The fourth-order valence-corrected chi connectivity index (χ4v) is 5.68. The number of carbonyl (C=O) groups excluding carboxylic acids is 3. The zero-order valence-electron chi connectivity index (χ0n) is 26.3. The zero-order chi connectivity index (χ0) is 33.9. The summed E-state index contributed by atoms with van der Waals surface area (Å²) in [4.78, 5) is 39.8. The van der Waals surface area contributed by atoms with Crippen molar-refractivity contribution in [3.05, 3.63) is 167 Å². The summed E-state index contributed by atoms with van der Waals surface area (Å²) >= 11 is 0. The number of nitrogens with one attached hydrogen (secondary N) is 4. The van der Waals surface area contributed by atoms with E-state index >= 15 is 0 Å². The van der Waals surface area contributed by atoms with Crippen LogP contribution in [0, 0.1) is 0 Å². The zero-order valence-corrected chi connectivity index (χ0v) is 26.3. The molecule has 0 saturated heterocycles. The van der Waals surface area contributed by atoms with Crippen molar-refractivity contribution in [1.29, 1.82) is 0 Å². The Morgan fingerprint density at radius 3 is 1.35 bits per heavy atom. The highest BCUT2D eigenvalue weighted by molar-refractivity contribution is 6.15. The minimum Gasteiger partial charge on any atom is -0.399 e. The summed E-state index contributed by atoms with van der Waals surface area (Å²) in [5.41, 5.74) is 21.1. The molecule has 49 heavy (non-hydrogen) atoms. The van der Waals surface area contributed by atoms with Gasteiger partial charge in [0, 0.05) is 67.8 Å². The van der Waals surface area contributed by atoms with E-state index in [1.165, 1.54) is 0 Å². The van der Waals surface area contributed by atoms with Gasteiger partial charge in [-0.25, -0.2) is 0 Å². The number of fused-ring (bicyclic) bond motifs is 2. The number of hydrogen-bond donors (Lipinski definition) is 6.